The predicted octanol–water partition coefficient (Wildman–Crippen LogP) is 3.73. The van der Waals surface area contributed by atoms with Crippen LogP contribution in [0.5, 0.6) is 0 Å². The first-order valence-corrected chi connectivity index (χ1v) is 12.6. The van der Waals surface area contributed by atoms with E-state index in [1.165, 1.54) is 0 Å². The fraction of sp³-hybridized carbons (Fsp3) is 0.458. The smallest absolute Gasteiger partial charge is 0.320 e. The molecule has 2 fully saturated rings. The molecule has 0 bridgehead atoms. The molecule has 2 aromatic carbocycles. The van der Waals surface area contributed by atoms with Gasteiger partial charge in [0.15, 0.2) is 0 Å². The Morgan fingerprint density at radius 3 is 2.19 bits per heavy atom. The molecule has 0 atom stereocenters. The molecule has 2 aliphatic heterocycles. The number of nitrogens with zero attached hydrogens (tertiary/aromatic N) is 3. The Morgan fingerprint density at radius 1 is 0.871 bits per heavy atom. The molecule has 0 spiro atoms. The highest BCUT2D eigenvalue weighted by Gasteiger charge is 2.37. The lowest BCUT2D eigenvalue weighted by atomic mass is 10.1. The zero-order valence-electron chi connectivity index (χ0n) is 18.1. The number of urea groups is 1. The first-order chi connectivity index (χ1) is 15.0. The molecule has 166 valence electrons. The van der Waals surface area contributed by atoms with E-state index in [2.05, 4.69) is 6.92 Å². The highest BCUT2D eigenvalue weighted by atomic mass is 32.2. The zero-order chi connectivity index (χ0) is 21.8. The van der Waals surface area contributed by atoms with E-state index in [-0.39, 0.29) is 12.1 Å². The summed E-state index contributed by atoms with van der Waals surface area (Å²) >= 11 is 0. The van der Waals surface area contributed by atoms with E-state index in [0.717, 1.165) is 30.5 Å². The van der Waals surface area contributed by atoms with Gasteiger partial charge in [-0.05, 0) is 42.5 Å². The molecular formula is C24H31N3O3S. The molecule has 0 radical (unpaired) electrons. The Morgan fingerprint density at radius 2 is 1.55 bits per heavy atom. The van der Waals surface area contributed by atoms with Crippen molar-refractivity contribution in [2.45, 2.75) is 50.1 Å². The lowest BCUT2D eigenvalue weighted by Gasteiger charge is -2.35. The van der Waals surface area contributed by atoms with Gasteiger partial charge in [0, 0.05) is 38.8 Å². The predicted molar refractivity (Wildman–Crippen MR) is 121 cm³/mol. The standard InChI is InChI=1S/C24H31N3O3S/c1-2-6-20-9-11-23(12-10-20)31(29,30)26-15-13-22(14-16-26)27-18-17-25(24(27)28)19-21-7-4-3-5-8-21/h3-5,7-12,22H,2,6,13-19H2,1H3. The second-order valence-electron chi connectivity index (χ2n) is 8.41. The summed E-state index contributed by atoms with van der Waals surface area (Å²) in [4.78, 5) is 17.1. The van der Waals surface area contributed by atoms with Gasteiger partial charge < -0.3 is 9.80 Å². The van der Waals surface area contributed by atoms with Crippen LogP contribution in [0, 0.1) is 0 Å². The van der Waals surface area contributed by atoms with Crippen molar-refractivity contribution in [2.24, 2.45) is 0 Å². The minimum Gasteiger partial charge on any atom is -0.320 e. The van der Waals surface area contributed by atoms with Crippen LogP contribution >= 0.6 is 0 Å². The van der Waals surface area contributed by atoms with Crippen LogP contribution in [-0.4, -0.2) is 60.8 Å². The molecule has 6 nitrogen and oxygen atoms in total. The number of carbonyl (C=O) groups excluding carboxylic acids is 1. The number of hydrogen-bond acceptors (Lipinski definition) is 3. The lowest BCUT2D eigenvalue weighted by molar-refractivity contribution is 0.153. The zero-order valence-corrected chi connectivity index (χ0v) is 18.9. The van der Waals surface area contributed by atoms with Crippen LogP contribution < -0.4 is 0 Å². The molecule has 0 N–H and O–H groups in total. The molecule has 7 heteroatoms. The summed E-state index contributed by atoms with van der Waals surface area (Å²) < 4.78 is 27.7. The van der Waals surface area contributed by atoms with Gasteiger partial charge in [-0.15, -0.1) is 0 Å². The van der Waals surface area contributed by atoms with E-state index in [1.54, 1.807) is 16.4 Å². The van der Waals surface area contributed by atoms with Crippen LogP contribution in [0.2, 0.25) is 0 Å². The summed E-state index contributed by atoms with van der Waals surface area (Å²) in [6.07, 6.45) is 3.35. The molecule has 0 aromatic heterocycles. The van der Waals surface area contributed by atoms with Crippen LogP contribution in [-0.2, 0) is 23.0 Å². The number of rotatable bonds is 7. The van der Waals surface area contributed by atoms with Crippen molar-refractivity contribution < 1.29 is 13.2 Å². The lowest BCUT2D eigenvalue weighted by Crippen LogP contribution is -2.47. The van der Waals surface area contributed by atoms with Crippen molar-refractivity contribution in [3.8, 4) is 0 Å². The molecule has 2 aliphatic rings. The third-order valence-electron chi connectivity index (χ3n) is 6.31. The van der Waals surface area contributed by atoms with Crippen molar-refractivity contribution in [3.05, 3.63) is 65.7 Å². The van der Waals surface area contributed by atoms with Crippen molar-refractivity contribution in [2.75, 3.05) is 26.2 Å². The third kappa shape index (κ3) is 4.77. The molecule has 2 amide bonds. The maximum atomic E-state index is 13.0. The SMILES string of the molecule is CCCc1ccc(S(=O)(=O)N2CCC(N3CCN(Cc4ccccc4)C3=O)CC2)cc1. The summed E-state index contributed by atoms with van der Waals surface area (Å²) in [5, 5.41) is 0. The molecule has 31 heavy (non-hydrogen) atoms. The van der Waals surface area contributed by atoms with Gasteiger partial charge in [0.2, 0.25) is 10.0 Å². The second kappa shape index (κ2) is 9.40. The van der Waals surface area contributed by atoms with Gasteiger partial charge in [-0.3, -0.25) is 0 Å². The average molecular weight is 442 g/mol. The highest BCUT2D eigenvalue weighted by molar-refractivity contribution is 7.89. The van der Waals surface area contributed by atoms with E-state index >= 15 is 0 Å². The number of aryl methyl sites for hydroxylation is 1. The molecule has 2 aromatic rings. The Labute approximate surface area is 185 Å². The Hall–Kier alpha value is -2.38. The molecule has 0 unspecified atom stereocenters. The second-order valence-corrected chi connectivity index (χ2v) is 10.4. The summed E-state index contributed by atoms with van der Waals surface area (Å²) in [5.74, 6) is 0. The fourth-order valence-electron chi connectivity index (χ4n) is 4.55. The number of benzene rings is 2. The van der Waals surface area contributed by atoms with Crippen LogP contribution in [0.4, 0.5) is 4.79 Å². The maximum Gasteiger partial charge on any atom is 0.320 e. The number of hydrogen-bond donors (Lipinski definition) is 0. The topological polar surface area (TPSA) is 60.9 Å². The Bertz CT molecular complexity index is 984. The van der Waals surface area contributed by atoms with Crippen molar-refractivity contribution in [1.29, 1.82) is 0 Å². The van der Waals surface area contributed by atoms with Crippen molar-refractivity contribution in [1.82, 2.24) is 14.1 Å². The number of sulfonamides is 1. The van der Waals surface area contributed by atoms with Gasteiger partial charge in [-0.1, -0.05) is 55.8 Å². The summed E-state index contributed by atoms with van der Waals surface area (Å²) in [7, 11) is -3.49. The van der Waals surface area contributed by atoms with Gasteiger partial charge in [0.1, 0.15) is 0 Å². The molecular weight excluding hydrogens is 410 g/mol. The fourth-order valence-corrected chi connectivity index (χ4v) is 6.02. The molecule has 2 heterocycles. The number of amides is 2. The van der Waals surface area contributed by atoms with Gasteiger partial charge in [-0.25, -0.2) is 13.2 Å². The van der Waals surface area contributed by atoms with E-state index in [1.807, 2.05) is 52.3 Å². The van der Waals surface area contributed by atoms with Gasteiger partial charge in [0.05, 0.1) is 4.90 Å². The summed E-state index contributed by atoms with van der Waals surface area (Å²) in [6.45, 7) is 5.06. The Kier molecular flexibility index (Phi) is 6.62. The Balaban J connectivity index is 1.34. The van der Waals surface area contributed by atoms with Crippen LogP contribution in [0.3, 0.4) is 0 Å². The number of carbonyl (C=O) groups is 1. The first kappa shape index (κ1) is 21.8. The average Bonchev–Trinajstić information content (AvgIpc) is 3.15. The monoisotopic (exact) mass is 441 g/mol. The van der Waals surface area contributed by atoms with Gasteiger partial charge >= 0.3 is 6.03 Å². The summed E-state index contributed by atoms with van der Waals surface area (Å²) in [5.41, 5.74) is 2.29. The molecule has 4 rings (SSSR count). The third-order valence-corrected chi connectivity index (χ3v) is 8.22. The minimum atomic E-state index is -3.49. The van der Waals surface area contributed by atoms with Crippen LogP contribution in [0.1, 0.15) is 37.3 Å². The first-order valence-electron chi connectivity index (χ1n) is 11.2. The minimum absolute atomic E-state index is 0.0664. The molecule has 0 saturated carbocycles. The normalized spacial score (nSPS) is 18.7. The number of piperidine rings is 1. The molecule has 2 saturated heterocycles. The van der Waals surface area contributed by atoms with E-state index < -0.39 is 10.0 Å². The quantitative estimate of drug-likeness (QED) is 0.658. The van der Waals surface area contributed by atoms with E-state index in [9.17, 15) is 13.2 Å². The largest absolute Gasteiger partial charge is 0.320 e. The van der Waals surface area contributed by atoms with Gasteiger partial charge in [-0.2, -0.15) is 4.31 Å². The van der Waals surface area contributed by atoms with E-state index in [0.29, 0.717) is 43.9 Å². The maximum absolute atomic E-state index is 13.0. The van der Waals surface area contributed by atoms with Gasteiger partial charge in [0.25, 0.3) is 0 Å². The van der Waals surface area contributed by atoms with Crippen LogP contribution in [0.15, 0.2) is 59.5 Å². The van der Waals surface area contributed by atoms with Crippen LogP contribution in [0.25, 0.3) is 0 Å². The van der Waals surface area contributed by atoms with Crippen molar-refractivity contribution in [3.63, 3.8) is 0 Å². The van der Waals surface area contributed by atoms with Crippen molar-refractivity contribution >= 4 is 16.1 Å². The van der Waals surface area contributed by atoms with E-state index in [4.69, 9.17) is 0 Å². The molecule has 0 aliphatic carbocycles. The summed E-state index contributed by atoms with van der Waals surface area (Å²) in [6, 6.07) is 17.5. The highest BCUT2D eigenvalue weighted by Crippen LogP contribution is 2.26.